The number of pyridine rings is 2. The molecule has 1 aromatic carbocycles. The van der Waals surface area contributed by atoms with Crippen LogP contribution < -0.4 is 15.6 Å². The van der Waals surface area contributed by atoms with E-state index in [-0.39, 0.29) is 11.5 Å². The van der Waals surface area contributed by atoms with E-state index in [4.69, 9.17) is 4.74 Å². The smallest absolute Gasteiger partial charge is 0.269 e. The lowest BCUT2D eigenvalue weighted by Gasteiger charge is -2.12. The number of hydrogen-bond acceptors (Lipinski definition) is 4. The number of aromatic nitrogens is 2. The number of carbonyl (C=O) groups excluding carboxylic acids is 1. The Hall–Kier alpha value is -3.15. The number of ether oxygens (including phenoxy) is 1. The molecule has 3 rings (SSSR count). The molecule has 1 amide bonds. The van der Waals surface area contributed by atoms with Crippen molar-refractivity contribution in [1.29, 1.82) is 0 Å². The SMILES string of the molecule is COc1cc(C)n(CCNC(=O)c2ccc3ccccc3n2)c(=O)c1. The second kappa shape index (κ2) is 7.17. The predicted molar refractivity (Wildman–Crippen MR) is 96.1 cm³/mol. The van der Waals surface area contributed by atoms with E-state index in [0.29, 0.717) is 24.5 Å². The molecule has 0 unspecified atom stereocenters. The van der Waals surface area contributed by atoms with Gasteiger partial charge in [-0.3, -0.25) is 9.59 Å². The zero-order valence-corrected chi connectivity index (χ0v) is 14.2. The van der Waals surface area contributed by atoms with Crippen molar-refractivity contribution in [3.63, 3.8) is 0 Å². The topological polar surface area (TPSA) is 73.2 Å². The maximum Gasteiger partial charge on any atom is 0.269 e. The molecule has 0 spiro atoms. The molecule has 0 saturated heterocycles. The maximum atomic E-state index is 12.3. The minimum absolute atomic E-state index is 0.157. The van der Waals surface area contributed by atoms with Gasteiger partial charge in [0.1, 0.15) is 11.4 Å². The Morgan fingerprint density at radius 1 is 1.20 bits per heavy atom. The number of amides is 1. The van der Waals surface area contributed by atoms with Gasteiger partial charge in [0.25, 0.3) is 11.5 Å². The summed E-state index contributed by atoms with van der Waals surface area (Å²) >= 11 is 0. The third kappa shape index (κ3) is 3.68. The summed E-state index contributed by atoms with van der Waals surface area (Å²) in [6.07, 6.45) is 0. The minimum atomic E-state index is -0.259. The van der Waals surface area contributed by atoms with E-state index in [2.05, 4.69) is 10.3 Å². The molecule has 0 radical (unpaired) electrons. The van der Waals surface area contributed by atoms with Crippen LogP contribution in [0.25, 0.3) is 10.9 Å². The highest BCUT2D eigenvalue weighted by atomic mass is 16.5. The van der Waals surface area contributed by atoms with Gasteiger partial charge in [-0.15, -0.1) is 0 Å². The van der Waals surface area contributed by atoms with Gasteiger partial charge in [0.05, 0.1) is 12.6 Å². The van der Waals surface area contributed by atoms with E-state index < -0.39 is 0 Å². The lowest BCUT2D eigenvalue weighted by molar-refractivity contribution is 0.0947. The molecular formula is C19H19N3O3. The Morgan fingerprint density at radius 2 is 2.00 bits per heavy atom. The average Bonchev–Trinajstić information content (AvgIpc) is 2.63. The third-order valence-electron chi connectivity index (χ3n) is 4.00. The summed E-state index contributed by atoms with van der Waals surface area (Å²) in [5, 5.41) is 3.79. The van der Waals surface area contributed by atoms with Crippen molar-refractivity contribution in [3.8, 4) is 5.75 Å². The molecule has 0 saturated carbocycles. The standard InChI is InChI=1S/C19H19N3O3/c1-13-11-15(25-2)12-18(23)22(13)10-9-20-19(24)17-8-7-14-5-3-4-6-16(14)21-17/h3-8,11-12H,9-10H2,1-2H3,(H,20,24). The summed E-state index contributed by atoms with van der Waals surface area (Å²) in [7, 11) is 1.52. The van der Waals surface area contributed by atoms with Crippen LogP contribution in [-0.2, 0) is 6.54 Å². The number of nitrogens with one attached hydrogen (secondary N) is 1. The predicted octanol–water partition coefficient (Wildman–Crippen LogP) is 2.14. The number of carbonyl (C=O) groups is 1. The number of para-hydroxylation sites is 1. The van der Waals surface area contributed by atoms with Crippen LogP contribution >= 0.6 is 0 Å². The Bertz CT molecular complexity index is 979. The molecule has 25 heavy (non-hydrogen) atoms. The Morgan fingerprint density at radius 3 is 2.76 bits per heavy atom. The van der Waals surface area contributed by atoms with Crippen LogP contribution in [0.15, 0.2) is 53.3 Å². The molecule has 0 aliphatic rings. The lowest BCUT2D eigenvalue weighted by atomic mass is 10.2. The van der Waals surface area contributed by atoms with Gasteiger partial charge in [-0.1, -0.05) is 24.3 Å². The van der Waals surface area contributed by atoms with Crippen molar-refractivity contribution in [2.45, 2.75) is 13.5 Å². The zero-order chi connectivity index (χ0) is 17.8. The summed E-state index contributed by atoms with van der Waals surface area (Å²) in [4.78, 5) is 28.7. The molecular weight excluding hydrogens is 318 g/mol. The van der Waals surface area contributed by atoms with Crippen molar-refractivity contribution < 1.29 is 9.53 Å². The first kappa shape index (κ1) is 16.7. The van der Waals surface area contributed by atoms with Gasteiger partial charge >= 0.3 is 0 Å². The van der Waals surface area contributed by atoms with Crippen LogP contribution in [0.2, 0.25) is 0 Å². The van der Waals surface area contributed by atoms with Gasteiger partial charge in [0.15, 0.2) is 0 Å². The fourth-order valence-electron chi connectivity index (χ4n) is 2.67. The highest BCUT2D eigenvalue weighted by molar-refractivity contribution is 5.94. The summed E-state index contributed by atoms with van der Waals surface area (Å²) in [5.41, 5.74) is 1.76. The van der Waals surface area contributed by atoms with E-state index in [9.17, 15) is 9.59 Å². The zero-order valence-electron chi connectivity index (χ0n) is 14.2. The summed E-state index contributed by atoms with van der Waals surface area (Å²) in [5.74, 6) is 0.271. The van der Waals surface area contributed by atoms with Crippen molar-refractivity contribution in [2.24, 2.45) is 0 Å². The van der Waals surface area contributed by atoms with Crippen LogP contribution in [0, 0.1) is 6.92 Å². The normalized spacial score (nSPS) is 10.6. The van der Waals surface area contributed by atoms with E-state index in [0.717, 1.165) is 16.6 Å². The Kier molecular flexibility index (Phi) is 4.79. The number of methoxy groups -OCH3 is 1. The average molecular weight is 337 g/mol. The highest BCUT2D eigenvalue weighted by Gasteiger charge is 2.09. The van der Waals surface area contributed by atoms with Gasteiger partial charge in [0.2, 0.25) is 0 Å². The molecule has 0 atom stereocenters. The van der Waals surface area contributed by atoms with Crippen LogP contribution in [0.3, 0.4) is 0 Å². The number of rotatable bonds is 5. The minimum Gasteiger partial charge on any atom is -0.496 e. The number of nitrogens with zero attached hydrogens (tertiary/aromatic N) is 2. The van der Waals surface area contributed by atoms with Crippen molar-refractivity contribution in [2.75, 3.05) is 13.7 Å². The van der Waals surface area contributed by atoms with Gasteiger partial charge in [-0.25, -0.2) is 4.98 Å². The number of fused-ring (bicyclic) bond motifs is 1. The van der Waals surface area contributed by atoms with Gasteiger partial charge in [-0.05, 0) is 25.1 Å². The largest absolute Gasteiger partial charge is 0.496 e. The van der Waals surface area contributed by atoms with Crippen LogP contribution in [0.1, 0.15) is 16.2 Å². The molecule has 3 aromatic rings. The Labute approximate surface area is 145 Å². The quantitative estimate of drug-likeness (QED) is 0.774. The van der Waals surface area contributed by atoms with Crippen molar-refractivity contribution in [3.05, 3.63) is 70.3 Å². The molecule has 128 valence electrons. The molecule has 2 heterocycles. The lowest BCUT2D eigenvalue weighted by Crippen LogP contribution is -2.32. The second-order valence-electron chi connectivity index (χ2n) is 5.67. The molecule has 2 aromatic heterocycles. The van der Waals surface area contributed by atoms with E-state index in [1.807, 2.05) is 37.3 Å². The Balaban J connectivity index is 1.67. The van der Waals surface area contributed by atoms with Gasteiger partial charge in [0, 0.05) is 30.2 Å². The maximum absolute atomic E-state index is 12.3. The molecule has 0 aliphatic heterocycles. The molecule has 6 nitrogen and oxygen atoms in total. The first-order chi connectivity index (χ1) is 12.1. The van der Waals surface area contributed by atoms with E-state index >= 15 is 0 Å². The molecule has 1 N–H and O–H groups in total. The first-order valence-corrected chi connectivity index (χ1v) is 7.98. The summed E-state index contributed by atoms with van der Waals surface area (Å²) in [6.45, 7) is 2.55. The van der Waals surface area contributed by atoms with Crippen LogP contribution in [0.4, 0.5) is 0 Å². The summed E-state index contributed by atoms with van der Waals surface area (Å²) < 4.78 is 6.67. The summed E-state index contributed by atoms with van der Waals surface area (Å²) in [6, 6.07) is 14.4. The third-order valence-corrected chi connectivity index (χ3v) is 4.00. The van der Waals surface area contributed by atoms with E-state index in [1.54, 1.807) is 16.7 Å². The highest BCUT2D eigenvalue weighted by Crippen LogP contribution is 2.12. The van der Waals surface area contributed by atoms with Gasteiger partial charge in [-0.2, -0.15) is 0 Å². The number of benzene rings is 1. The molecule has 0 aliphatic carbocycles. The number of hydrogen-bond donors (Lipinski definition) is 1. The van der Waals surface area contributed by atoms with Crippen molar-refractivity contribution >= 4 is 16.8 Å². The van der Waals surface area contributed by atoms with Crippen LogP contribution in [0.5, 0.6) is 5.75 Å². The van der Waals surface area contributed by atoms with Gasteiger partial charge < -0.3 is 14.6 Å². The van der Waals surface area contributed by atoms with Crippen LogP contribution in [-0.4, -0.2) is 29.1 Å². The van der Waals surface area contributed by atoms with E-state index in [1.165, 1.54) is 13.2 Å². The van der Waals surface area contributed by atoms with Crippen molar-refractivity contribution in [1.82, 2.24) is 14.9 Å². The second-order valence-corrected chi connectivity index (χ2v) is 5.67. The first-order valence-electron chi connectivity index (χ1n) is 7.98. The number of aryl methyl sites for hydroxylation is 1. The molecule has 6 heteroatoms. The molecule has 0 fully saturated rings. The fourth-order valence-corrected chi connectivity index (χ4v) is 2.67. The monoisotopic (exact) mass is 337 g/mol. The molecule has 0 bridgehead atoms. The fraction of sp³-hybridized carbons (Fsp3) is 0.211.